The molecule has 0 spiro atoms. The van der Waals surface area contributed by atoms with Gasteiger partial charge in [-0.1, -0.05) is 26.8 Å². The van der Waals surface area contributed by atoms with Crippen molar-refractivity contribution in [1.82, 2.24) is 5.32 Å². The minimum absolute atomic E-state index is 0.0703. The van der Waals surface area contributed by atoms with Crippen LogP contribution in [0.1, 0.15) is 34.1 Å². The van der Waals surface area contributed by atoms with Crippen molar-refractivity contribution >= 4 is 17.5 Å². The average molecular weight is 216 g/mol. The first kappa shape index (κ1) is 11.6. The quantitative estimate of drug-likeness (QED) is 0.706. The van der Waals surface area contributed by atoms with Gasteiger partial charge in [0.1, 0.15) is 5.38 Å². The summed E-state index contributed by atoms with van der Waals surface area (Å²) in [5.41, 5.74) is 1.09. The molecule has 0 radical (unpaired) electrons. The Morgan fingerprint density at radius 3 is 2.64 bits per heavy atom. The molecule has 1 aliphatic rings. The van der Waals surface area contributed by atoms with E-state index in [1.807, 2.05) is 0 Å². The molecule has 0 aromatic carbocycles. The Labute approximate surface area is 90.7 Å². The largest absolute Gasteiger partial charge is 0.328 e. The van der Waals surface area contributed by atoms with E-state index in [0.29, 0.717) is 5.92 Å². The minimum Gasteiger partial charge on any atom is -0.328 e. The fraction of sp³-hybridized carbons (Fsp3) is 0.727. The molecule has 0 saturated heterocycles. The van der Waals surface area contributed by atoms with E-state index >= 15 is 0 Å². The van der Waals surface area contributed by atoms with Gasteiger partial charge in [0.05, 0.1) is 0 Å². The highest BCUT2D eigenvalue weighted by Gasteiger charge is 2.32. The Morgan fingerprint density at radius 2 is 2.29 bits per heavy atom. The van der Waals surface area contributed by atoms with E-state index in [1.165, 1.54) is 0 Å². The molecule has 2 atom stereocenters. The van der Waals surface area contributed by atoms with Gasteiger partial charge in [-0.15, -0.1) is 11.6 Å². The first-order valence-corrected chi connectivity index (χ1v) is 5.44. The third kappa shape index (κ3) is 2.50. The molecule has 3 heteroatoms. The van der Waals surface area contributed by atoms with Crippen molar-refractivity contribution < 1.29 is 4.79 Å². The van der Waals surface area contributed by atoms with E-state index in [0.717, 1.165) is 12.1 Å². The van der Waals surface area contributed by atoms with E-state index in [1.54, 1.807) is 6.92 Å². The van der Waals surface area contributed by atoms with Gasteiger partial charge in [0.15, 0.2) is 0 Å². The van der Waals surface area contributed by atoms with E-state index in [2.05, 4.69) is 32.2 Å². The monoisotopic (exact) mass is 215 g/mol. The number of hydrogen-bond donors (Lipinski definition) is 1. The summed E-state index contributed by atoms with van der Waals surface area (Å²) < 4.78 is 0. The summed E-state index contributed by atoms with van der Waals surface area (Å²) in [6, 6.07) is 0. The smallest absolute Gasteiger partial charge is 0.241 e. The van der Waals surface area contributed by atoms with Crippen molar-refractivity contribution in [2.24, 2.45) is 11.3 Å². The van der Waals surface area contributed by atoms with Gasteiger partial charge in [0.2, 0.25) is 5.91 Å². The summed E-state index contributed by atoms with van der Waals surface area (Å²) in [5, 5.41) is 2.42. The molecule has 0 aliphatic heterocycles. The number of alkyl halides is 1. The van der Waals surface area contributed by atoms with Gasteiger partial charge >= 0.3 is 0 Å². The summed E-state index contributed by atoms with van der Waals surface area (Å²) in [7, 11) is 0. The molecule has 0 fully saturated rings. The lowest BCUT2D eigenvalue weighted by molar-refractivity contribution is -0.120. The van der Waals surface area contributed by atoms with Crippen molar-refractivity contribution in [3.05, 3.63) is 11.8 Å². The molecule has 0 saturated carbocycles. The van der Waals surface area contributed by atoms with Crippen molar-refractivity contribution in [1.29, 1.82) is 0 Å². The van der Waals surface area contributed by atoms with Crippen LogP contribution in [0.25, 0.3) is 0 Å². The highest BCUT2D eigenvalue weighted by Crippen LogP contribution is 2.39. The van der Waals surface area contributed by atoms with Crippen molar-refractivity contribution in [2.75, 3.05) is 0 Å². The van der Waals surface area contributed by atoms with Crippen LogP contribution in [0.2, 0.25) is 0 Å². The van der Waals surface area contributed by atoms with Gasteiger partial charge in [0.25, 0.3) is 0 Å². The predicted octanol–water partition coefficient (Wildman–Crippen LogP) is 2.68. The summed E-state index contributed by atoms with van der Waals surface area (Å²) in [4.78, 5) is 11.4. The molecule has 80 valence electrons. The van der Waals surface area contributed by atoms with Gasteiger partial charge in [-0.05, 0) is 19.3 Å². The lowest BCUT2D eigenvalue weighted by Crippen LogP contribution is -2.33. The Kier molecular flexibility index (Phi) is 3.25. The second-order valence-corrected chi connectivity index (χ2v) is 5.41. The SMILES string of the molecule is CC1C=C(NC(=O)C(C)Cl)C(C)(C)C1. The third-order valence-electron chi connectivity index (χ3n) is 2.63. The Hall–Kier alpha value is -0.500. The normalized spacial score (nSPS) is 26.9. The van der Waals surface area contributed by atoms with Crippen molar-refractivity contribution in [3.63, 3.8) is 0 Å². The standard InChI is InChI=1S/C11H18ClNO/c1-7-5-9(11(3,4)6-7)13-10(14)8(2)12/h5,7-8H,6H2,1-4H3,(H,13,14). The number of halogens is 1. The van der Waals surface area contributed by atoms with E-state index in [9.17, 15) is 4.79 Å². The highest BCUT2D eigenvalue weighted by atomic mass is 35.5. The summed E-state index contributed by atoms with van der Waals surface area (Å²) in [5.74, 6) is 0.422. The number of nitrogens with one attached hydrogen (secondary N) is 1. The number of carbonyl (C=O) groups is 1. The van der Waals surface area contributed by atoms with E-state index < -0.39 is 5.38 Å². The molecule has 14 heavy (non-hydrogen) atoms. The lowest BCUT2D eigenvalue weighted by Gasteiger charge is -2.23. The first-order valence-electron chi connectivity index (χ1n) is 5.00. The van der Waals surface area contributed by atoms with Gasteiger partial charge in [-0.2, -0.15) is 0 Å². The highest BCUT2D eigenvalue weighted by molar-refractivity contribution is 6.30. The number of amides is 1. The van der Waals surface area contributed by atoms with Crippen molar-refractivity contribution in [2.45, 2.75) is 39.5 Å². The fourth-order valence-corrected chi connectivity index (χ4v) is 1.98. The Bertz CT molecular complexity index is 268. The second-order valence-electron chi connectivity index (χ2n) is 4.75. The molecular formula is C11H18ClNO. The van der Waals surface area contributed by atoms with E-state index in [-0.39, 0.29) is 11.3 Å². The topological polar surface area (TPSA) is 29.1 Å². The second kappa shape index (κ2) is 3.93. The number of hydrogen-bond acceptors (Lipinski definition) is 1. The molecule has 1 aliphatic carbocycles. The third-order valence-corrected chi connectivity index (χ3v) is 2.83. The van der Waals surface area contributed by atoms with Gasteiger partial charge in [-0.25, -0.2) is 0 Å². The minimum atomic E-state index is -0.470. The average Bonchev–Trinajstić information content (AvgIpc) is 2.24. The lowest BCUT2D eigenvalue weighted by atomic mass is 9.88. The Balaban J connectivity index is 2.69. The van der Waals surface area contributed by atoms with Crippen LogP contribution in [0, 0.1) is 11.3 Å². The van der Waals surface area contributed by atoms with Gasteiger partial charge < -0.3 is 5.32 Å². The van der Waals surface area contributed by atoms with Crippen LogP contribution in [0.4, 0.5) is 0 Å². The molecule has 1 amide bonds. The maximum Gasteiger partial charge on any atom is 0.241 e. The van der Waals surface area contributed by atoms with Crippen LogP contribution < -0.4 is 5.32 Å². The van der Waals surface area contributed by atoms with Crippen LogP contribution >= 0.6 is 11.6 Å². The summed E-state index contributed by atoms with van der Waals surface area (Å²) >= 11 is 5.70. The predicted molar refractivity (Wildman–Crippen MR) is 59.1 cm³/mol. The van der Waals surface area contributed by atoms with Crippen molar-refractivity contribution in [3.8, 4) is 0 Å². The van der Waals surface area contributed by atoms with Gasteiger partial charge in [0, 0.05) is 11.1 Å². The molecule has 0 aromatic rings. The molecule has 1 N–H and O–H groups in total. The number of allylic oxidation sites excluding steroid dienone is 2. The van der Waals surface area contributed by atoms with Crippen LogP contribution in [-0.2, 0) is 4.79 Å². The first-order chi connectivity index (χ1) is 6.33. The van der Waals surface area contributed by atoms with Crippen LogP contribution in [-0.4, -0.2) is 11.3 Å². The maximum absolute atomic E-state index is 11.4. The van der Waals surface area contributed by atoms with Crippen LogP contribution in [0.15, 0.2) is 11.8 Å². The molecule has 1 rings (SSSR count). The van der Waals surface area contributed by atoms with Crippen LogP contribution in [0.5, 0.6) is 0 Å². The van der Waals surface area contributed by atoms with Crippen LogP contribution in [0.3, 0.4) is 0 Å². The molecular weight excluding hydrogens is 198 g/mol. The molecule has 0 bridgehead atoms. The molecule has 0 aromatic heterocycles. The number of carbonyl (C=O) groups excluding carboxylic acids is 1. The summed E-state index contributed by atoms with van der Waals surface area (Å²) in [6.45, 7) is 8.12. The fourth-order valence-electron chi connectivity index (χ4n) is 1.93. The molecule has 0 heterocycles. The zero-order chi connectivity index (χ0) is 10.9. The molecule has 2 unspecified atom stereocenters. The van der Waals surface area contributed by atoms with Gasteiger partial charge in [-0.3, -0.25) is 4.79 Å². The zero-order valence-electron chi connectivity index (χ0n) is 9.23. The Morgan fingerprint density at radius 1 is 1.71 bits per heavy atom. The zero-order valence-corrected chi connectivity index (χ0v) is 9.98. The number of rotatable bonds is 2. The van der Waals surface area contributed by atoms with E-state index in [4.69, 9.17) is 11.6 Å². The summed E-state index contributed by atoms with van der Waals surface area (Å²) in [6.07, 6.45) is 3.20. The maximum atomic E-state index is 11.4. The molecule has 2 nitrogen and oxygen atoms in total.